The molecule has 0 unspecified atom stereocenters. The Hall–Kier alpha value is -1.39. The van der Waals surface area contributed by atoms with Gasteiger partial charge in [-0.2, -0.15) is 0 Å². The highest BCUT2D eigenvalue weighted by atomic mass is 16.7. The molecule has 0 saturated heterocycles. The van der Waals surface area contributed by atoms with E-state index in [-0.39, 0.29) is 0 Å². The Bertz CT molecular complexity index is 406. The fourth-order valence-electron chi connectivity index (χ4n) is 2.88. The molecule has 0 aromatic heterocycles. The molecule has 0 amide bonds. The first-order valence-corrected chi connectivity index (χ1v) is 6.80. The Labute approximate surface area is 120 Å². The van der Waals surface area contributed by atoms with Crippen LogP contribution >= 0.6 is 0 Å². The summed E-state index contributed by atoms with van der Waals surface area (Å²) in [5, 5.41) is 9.72. The second-order valence-corrected chi connectivity index (χ2v) is 5.05. The molecular weight excluding hydrogens is 256 g/mol. The SMILES string of the molecule is C=C/C=C\C(=C/C)C1(C(=O)O)CCC(OC)(OC)CC1. The van der Waals surface area contributed by atoms with E-state index < -0.39 is 17.2 Å². The minimum absolute atomic E-state index is 0.491. The largest absolute Gasteiger partial charge is 0.481 e. The van der Waals surface area contributed by atoms with Crippen molar-refractivity contribution in [3.63, 3.8) is 0 Å². The molecular formula is C16H24O4. The van der Waals surface area contributed by atoms with Crippen LogP contribution in [0.1, 0.15) is 32.6 Å². The van der Waals surface area contributed by atoms with E-state index in [1.807, 2.05) is 19.1 Å². The Balaban J connectivity index is 3.06. The van der Waals surface area contributed by atoms with Crippen molar-refractivity contribution in [2.75, 3.05) is 14.2 Å². The topological polar surface area (TPSA) is 55.8 Å². The molecule has 4 heteroatoms. The third-order valence-corrected chi connectivity index (χ3v) is 4.29. The Kier molecular flexibility index (Phi) is 5.72. The van der Waals surface area contributed by atoms with E-state index in [1.54, 1.807) is 26.4 Å². The molecule has 0 spiro atoms. The van der Waals surface area contributed by atoms with E-state index in [0.717, 1.165) is 5.57 Å². The predicted octanol–water partition coefficient (Wildman–Crippen LogP) is 3.31. The van der Waals surface area contributed by atoms with Crippen LogP contribution < -0.4 is 0 Å². The number of carboxylic acid groups (broad SMARTS) is 1. The van der Waals surface area contributed by atoms with Gasteiger partial charge in [0.25, 0.3) is 0 Å². The number of hydrogen-bond acceptors (Lipinski definition) is 3. The number of ether oxygens (including phenoxy) is 2. The zero-order valence-electron chi connectivity index (χ0n) is 12.5. The van der Waals surface area contributed by atoms with Crippen LogP contribution in [-0.4, -0.2) is 31.1 Å². The van der Waals surface area contributed by atoms with Gasteiger partial charge in [0.2, 0.25) is 0 Å². The predicted molar refractivity (Wildman–Crippen MR) is 78.4 cm³/mol. The van der Waals surface area contributed by atoms with Crippen molar-refractivity contribution in [3.05, 3.63) is 36.5 Å². The van der Waals surface area contributed by atoms with Crippen LogP contribution in [0.25, 0.3) is 0 Å². The van der Waals surface area contributed by atoms with Gasteiger partial charge in [0.1, 0.15) is 0 Å². The lowest BCUT2D eigenvalue weighted by Crippen LogP contribution is -2.45. The highest BCUT2D eigenvalue weighted by Crippen LogP contribution is 2.47. The molecule has 0 aromatic carbocycles. The molecule has 1 saturated carbocycles. The fourth-order valence-corrected chi connectivity index (χ4v) is 2.88. The van der Waals surface area contributed by atoms with Crippen LogP contribution in [0.3, 0.4) is 0 Å². The maximum absolute atomic E-state index is 11.8. The summed E-state index contributed by atoms with van der Waals surface area (Å²) in [5.41, 5.74) is -0.0554. The fraction of sp³-hybridized carbons (Fsp3) is 0.562. The highest BCUT2D eigenvalue weighted by molar-refractivity contribution is 5.80. The van der Waals surface area contributed by atoms with E-state index >= 15 is 0 Å². The summed E-state index contributed by atoms with van der Waals surface area (Å²) in [6.45, 7) is 5.49. The van der Waals surface area contributed by atoms with Crippen LogP contribution in [0.5, 0.6) is 0 Å². The summed E-state index contributed by atoms with van der Waals surface area (Å²) in [6.07, 6.45) is 9.22. The van der Waals surface area contributed by atoms with Gasteiger partial charge >= 0.3 is 5.97 Å². The van der Waals surface area contributed by atoms with Crippen molar-refractivity contribution in [2.24, 2.45) is 5.41 Å². The van der Waals surface area contributed by atoms with E-state index in [9.17, 15) is 9.90 Å². The van der Waals surface area contributed by atoms with Gasteiger partial charge in [0.15, 0.2) is 5.79 Å². The molecule has 0 radical (unpaired) electrons. The van der Waals surface area contributed by atoms with Crippen molar-refractivity contribution in [2.45, 2.75) is 38.4 Å². The van der Waals surface area contributed by atoms with Crippen molar-refractivity contribution in [1.82, 2.24) is 0 Å². The summed E-state index contributed by atoms with van der Waals surface area (Å²) >= 11 is 0. The van der Waals surface area contributed by atoms with Crippen molar-refractivity contribution < 1.29 is 19.4 Å². The normalized spacial score (nSPS) is 21.9. The monoisotopic (exact) mass is 280 g/mol. The number of allylic oxidation sites excluding steroid dienone is 4. The van der Waals surface area contributed by atoms with E-state index in [0.29, 0.717) is 25.7 Å². The Morgan fingerprint density at radius 3 is 2.10 bits per heavy atom. The molecule has 1 aliphatic carbocycles. The van der Waals surface area contributed by atoms with Crippen LogP contribution in [0.4, 0.5) is 0 Å². The standard InChI is InChI=1S/C16H24O4/c1-5-7-8-13(6-2)15(14(17)18)9-11-16(19-3,20-4)12-10-15/h5-8H,1,9-12H2,2-4H3,(H,17,18)/b8-7-,13-6+. The van der Waals surface area contributed by atoms with E-state index in [2.05, 4.69) is 6.58 Å². The molecule has 1 rings (SSSR count). The van der Waals surface area contributed by atoms with E-state index in [1.165, 1.54) is 0 Å². The summed E-state index contributed by atoms with van der Waals surface area (Å²) in [4.78, 5) is 11.8. The third kappa shape index (κ3) is 3.02. The molecule has 20 heavy (non-hydrogen) atoms. The molecule has 0 aromatic rings. The third-order valence-electron chi connectivity index (χ3n) is 4.29. The van der Waals surface area contributed by atoms with Gasteiger partial charge in [0, 0.05) is 27.1 Å². The summed E-state index contributed by atoms with van der Waals surface area (Å²) in [6, 6.07) is 0. The lowest BCUT2D eigenvalue weighted by atomic mass is 9.67. The quantitative estimate of drug-likeness (QED) is 0.599. The summed E-state index contributed by atoms with van der Waals surface area (Å²) in [5.74, 6) is -1.44. The average molecular weight is 280 g/mol. The first-order valence-electron chi connectivity index (χ1n) is 6.80. The molecule has 0 aliphatic heterocycles. The summed E-state index contributed by atoms with van der Waals surface area (Å²) < 4.78 is 10.9. The van der Waals surface area contributed by atoms with Gasteiger partial charge in [-0.3, -0.25) is 4.79 Å². The first kappa shape index (κ1) is 16.7. The highest BCUT2D eigenvalue weighted by Gasteiger charge is 2.49. The van der Waals surface area contributed by atoms with Gasteiger partial charge in [-0.1, -0.05) is 30.9 Å². The molecule has 0 bridgehead atoms. The van der Waals surface area contributed by atoms with Gasteiger partial charge in [-0.05, 0) is 25.3 Å². The Morgan fingerprint density at radius 2 is 1.75 bits per heavy atom. The lowest BCUT2D eigenvalue weighted by molar-refractivity contribution is -0.233. The van der Waals surface area contributed by atoms with Crippen molar-refractivity contribution >= 4 is 5.97 Å². The number of hydrogen-bond donors (Lipinski definition) is 1. The number of aliphatic carboxylic acids is 1. The zero-order valence-corrected chi connectivity index (χ0v) is 12.5. The lowest BCUT2D eigenvalue weighted by Gasteiger charge is -2.43. The molecule has 112 valence electrons. The van der Waals surface area contributed by atoms with Gasteiger partial charge in [-0.25, -0.2) is 0 Å². The second kappa shape index (κ2) is 6.86. The van der Waals surface area contributed by atoms with Crippen LogP contribution in [-0.2, 0) is 14.3 Å². The second-order valence-electron chi connectivity index (χ2n) is 5.05. The maximum Gasteiger partial charge on any atom is 0.314 e. The van der Waals surface area contributed by atoms with Crippen molar-refractivity contribution in [3.8, 4) is 0 Å². The zero-order chi connectivity index (χ0) is 15.2. The van der Waals surface area contributed by atoms with E-state index in [4.69, 9.17) is 9.47 Å². The average Bonchev–Trinajstić information content (AvgIpc) is 2.48. The van der Waals surface area contributed by atoms with Crippen LogP contribution in [0.2, 0.25) is 0 Å². The molecule has 1 aliphatic rings. The molecule has 4 nitrogen and oxygen atoms in total. The number of carboxylic acids is 1. The van der Waals surface area contributed by atoms with Crippen LogP contribution in [0, 0.1) is 5.41 Å². The number of methoxy groups -OCH3 is 2. The first-order chi connectivity index (χ1) is 9.50. The minimum atomic E-state index is -0.866. The molecule has 1 N–H and O–H groups in total. The molecule has 1 fully saturated rings. The maximum atomic E-state index is 11.8. The van der Waals surface area contributed by atoms with Gasteiger partial charge < -0.3 is 14.6 Å². The number of rotatable bonds is 6. The minimum Gasteiger partial charge on any atom is -0.481 e. The smallest absolute Gasteiger partial charge is 0.314 e. The van der Waals surface area contributed by atoms with Gasteiger partial charge in [0.05, 0.1) is 5.41 Å². The van der Waals surface area contributed by atoms with Crippen LogP contribution in [0.15, 0.2) is 36.5 Å². The number of carbonyl (C=O) groups is 1. The molecule has 0 heterocycles. The molecule has 0 atom stereocenters. The Morgan fingerprint density at radius 1 is 1.20 bits per heavy atom. The van der Waals surface area contributed by atoms with Crippen molar-refractivity contribution in [1.29, 1.82) is 0 Å². The van der Waals surface area contributed by atoms with Gasteiger partial charge in [-0.15, -0.1) is 0 Å². The summed E-state index contributed by atoms with van der Waals surface area (Å²) in [7, 11) is 3.21.